The third-order valence-electron chi connectivity index (χ3n) is 2.51. The molecule has 0 bridgehead atoms. The van der Waals surface area contributed by atoms with Gasteiger partial charge in [-0.15, -0.1) is 0 Å². The van der Waals surface area contributed by atoms with Gasteiger partial charge in [-0.1, -0.05) is 29.3 Å². The number of hydrogen-bond acceptors (Lipinski definition) is 3. The van der Waals surface area contributed by atoms with E-state index in [0.717, 1.165) is 16.7 Å². The monoisotopic (exact) mass is 238 g/mol. The predicted molar refractivity (Wildman–Crippen MR) is 67.9 cm³/mol. The highest BCUT2D eigenvalue weighted by Gasteiger charge is 2.21. The molecule has 0 heterocycles. The number of aliphatic hydroxyl groups is 1. The highest BCUT2D eigenvalue weighted by molar-refractivity contribution is 5.30. The summed E-state index contributed by atoms with van der Waals surface area (Å²) in [6, 6.07) is 6.00. The van der Waals surface area contributed by atoms with Crippen LogP contribution < -0.4 is 0 Å². The summed E-state index contributed by atoms with van der Waals surface area (Å²) in [5.41, 5.74) is 3.10. The quantitative estimate of drug-likeness (QED) is 0.774. The van der Waals surface area contributed by atoms with Gasteiger partial charge in [-0.2, -0.15) is 0 Å². The van der Waals surface area contributed by atoms with Crippen LogP contribution >= 0.6 is 0 Å². The van der Waals surface area contributed by atoms with Crippen molar-refractivity contribution in [2.45, 2.75) is 40.1 Å². The molecule has 1 rings (SSSR count). The van der Waals surface area contributed by atoms with E-state index in [1.54, 1.807) is 0 Å². The molecular formula is C14H22O3. The standard InChI is InChI=1S/C14H22O3/c1-5-16-14(17-6-2)13(15)12-8-10(3)7-11(4)9-12/h7-9,13-15H,5-6H2,1-4H3. The van der Waals surface area contributed by atoms with Gasteiger partial charge in [0.05, 0.1) is 0 Å². The third kappa shape index (κ3) is 4.11. The average molecular weight is 238 g/mol. The Labute approximate surface area is 103 Å². The Morgan fingerprint density at radius 3 is 1.88 bits per heavy atom. The van der Waals surface area contributed by atoms with Gasteiger partial charge in [-0.05, 0) is 33.3 Å². The van der Waals surface area contributed by atoms with E-state index in [0.29, 0.717) is 13.2 Å². The largest absolute Gasteiger partial charge is 0.383 e. The third-order valence-corrected chi connectivity index (χ3v) is 2.51. The van der Waals surface area contributed by atoms with Crippen LogP contribution in [0.3, 0.4) is 0 Å². The highest BCUT2D eigenvalue weighted by Crippen LogP contribution is 2.22. The van der Waals surface area contributed by atoms with Crippen molar-refractivity contribution in [2.75, 3.05) is 13.2 Å². The van der Waals surface area contributed by atoms with Crippen molar-refractivity contribution < 1.29 is 14.6 Å². The maximum Gasteiger partial charge on any atom is 0.187 e. The average Bonchev–Trinajstić information content (AvgIpc) is 2.26. The van der Waals surface area contributed by atoms with E-state index in [9.17, 15) is 5.11 Å². The molecule has 0 spiro atoms. The van der Waals surface area contributed by atoms with Crippen molar-refractivity contribution in [3.8, 4) is 0 Å². The zero-order valence-corrected chi connectivity index (χ0v) is 11.1. The molecule has 1 N–H and O–H groups in total. The summed E-state index contributed by atoms with van der Waals surface area (Å²) in [6.45, 7) is 8.85. The SMILES string of the molecule is CCOC(OCC)C(O)c1cc(C)cc(C)c1. The number of ether oxygens (including phenoxy) is 2. The molecule has 96 valence electrons. The van der Waals surface area contributed by atoms with Gasteiger partial charge >= 0.3 is 0 Å². The summed E-state index contributed by atoms with van der Waals surface area (Å²) in [5, 5.41) is 10.2. The number of rotatable bonds is 6. The van der Waals surface area contributed by atoms with E-state index in [4.69, 9.17) is 9.47 Å². The molecule has 3 heteroatoms. The lowest BCUT2D eigenvalue weighted by Crippen LogP contribution is -2.25. The Hall–Kier alpha value is -0.900. The first-order valence-electron chi connectivity index (χ1n) is 6.08. The fourth-order valence-corrected chi connectivity index (χ4v) is 1.90. The summed E-state index contributed by atoms with van der Waals surface area (Å²) >= 11 is 0. The molecule has 0 aliphatic rings. The molecule has 0 radical (unpaired) electrons. The lowest BCUT2D eigenvalue weighted by molar-refractivity contribution is -0.191. The van der Waals surface area contributed by atoms with Gasteiger partial charge in [-0.3, -0.25) is 0 Å². The molecule has 1 aromatic rings. The number of hydrogen-bond donors (Lipinski definition) is 1. The molecule has 1 atom stereocenters. The minimum absolute atomic E-state index is 0.520. The Kier molecular flexibility index (Phi) is 5.62. The molecule has 1 aromatic carbocycles. The van der Waals surface area contributed by atoms with Gasteiger partial charge in [0, 0.05) is 13.2 Å². The molecule has 3 nitrogen and oxygen atoms in total. The predicted octanol–water partition coefficient (Wildman–Crippen LogP) is 2.74. The minimum atomic E-state index is -0.742. The van der Waals surface area contributed by atoms with Crippen LogP contribution in [0.25, 0.3) is 0 Å². The van der Waals surface area contributed by atoms with Gasteiger partial charge in [-0.25, -0.2) is 0 Å². The van der Waals surface area contributed by atoms with Gasteiger partial charge < -0.3 is 14.6 Å². The maximum atomic E-state index is 10.2. The highest BCUT2D eigenvalue weighted by atomic mass is 16.7. The van der Waals surface area contributed by atoms with E-state index in [2.05, 4.69) is 6.07 Å². The first kappa shape index (κ1) is 14.2. The van der Waals surface area contributed by atoms with E-state index >= 15 is 0 Å². The van der Waals surface area contributed by atoms with Crippen molar-refractivity contribution in [3.63, 3.8) is 0 Å². The second kappa shape index (κ2) is 6.74. The molecule has 0 aromatic heterocycles. The molecule has 0 amide bonds. The Balaban J connectivity index is 2.87. The van der Waals surface area contributed by atoms with Crippen molar-refractivity contribution in [1.29, 1.82) is 0 Å². The van der Waals surface area contributed by atoms with Crippen molar-refractivity contribution in [3.05, 3.63) is 34.9 Å². The molecular weight excluding hydrogens is 216 g/mol. The molecule has 1 unspecified atom stereocenters. The lowest BCUT2D eigenvalue weighted by atomic mass is 10.0. The van der Waals surface area contributed by atoms with Crippen LogP contribution in [0.15, 0.2) is 18.2 Å². The Morgan fingerprint density at radius 2 is 1.47 bits per heavy atom. The summed E-state index contributed by atoms with van der Waals surface area (Å²) in [7, 11) is 0. The summed E-state index contributed by atoms with van der Waals surface area (Å²) in [4.78, 5) is 0. The summed E-state index contributed by atoms with van der Waals surface area (Å²) < 4.78 is 10.8. The maximum absolute atomic E-state index is 10.2. The van der Waals surface area contributed by atoms with Crippen molar-refractivity contribution in [1.82, 2.24) is 0 Å². The van der Waals surface area contributed by atoms with Gasteiger partial charge in [0.2, 0.25) is 0 Å². The zero-order chi connectivity index (χ0) is 12.8. The lowest BCUT2D eigenvalue weighted by Gasteiger charge is -2.23. The van der Waals surface area contributed by atoms with Crippen LogP contribution in [0.1, 0.15) is 36.6 Å². The van der Waals surface area contributed by atoms with Crippen LogP contribution in [-0.2, 0) is 9.47 Å². The molecule has 0 aliphatic heterocycles. The van der Waals surface area contributed by atoms with Gasteiger partial charge in [0.1, 0.15) is 6.10 Å². The topological polar surface area (TPSA) is 38.7 Å². The summed E-state index contributed by atoms with van der Waals surface area (Å²) in [5.74, 6) is 0. The van der Waals surface area contributed by atoms with Gasteiger partial charge in [0.25, 0.3) is 0 Å². The van der Waals surface area contributed by atoms with E-state index in [-0.39, 0.29) is 0 Å². The van der Waals surface area contributed by atoms with Crippen LogP contribution in [-0.4, -0.2) is 24.6 Å². The normalized spacial score (nSPS) is 13.1. The molecule has 17 heavy (non-hydrogen) atoms. The van der Waals surface area contributed by atoms with Crippen molar-refractivity contribution >= 4 is 0 Å². The van der Waals surface area contributed by atoms with E-state index in [1.807, 2.05) is 39.8 Å². The van der Waals surface area contributed by atoms with Gasteiger partial charge in [0.15, 0.2) is 6.29 Å². The number of aryl methyl sites for hydroxylation is 2. The van der Waals surface area contributed by atoms with E-state index in [1.165, 1.54) is 0 Å². The van der Waals surface area contributed by atoms with Crippen LogP contribution in [0.5, 0.6) is 0 Å². The number of aliphatic hydroxyl groups excluding tert-OH is 1. The molecule has 0 saturated heterocycles. The Morgan fingerprint density at radius 1 is 1.00 bits per heavy atom. The van der Waals surface area contributed by atoms with Crippen LogP contribution in [0.4, 0.5) is 0 Å². The second-order valence-electron chi connectivity index (χ2n) is 4.14. The fourth-order valence-electron chi connectivity index (χ4n) is 1.90. The first-order valence-corrected chi connectivity index (χ1v) is 6.08. The van der Waals surface area contributed by atoms with Crippen molar-refractivity contribution in [2.24, 2.45) is 0 Å². The second-order valence-corrected chi connectivity index (χ2v) is 4.14. The summed E-state index contributed by atoms with van der Waals surface area (Å²) in [6.07, 6.45) is -1.33. The van der Waals surface area contributed by atoms with Crippen LogP contribution in [0.2, 0.25) is 0 Å². The molecule has 0 fully saturated rings. The zero-order valence-electron chi connectivity index (χ0n) is 11.1. The van der Waals surface area contributed by atoms with E-state index < -0.39 is 12.4 Å². The molecule has 0 saturated carbocycles. The molecule has 0 aliphatic carbocycles. The number of benzene rings is 1. The smallest absolute Gasteiger partial charge is 0.187 e. The Bertz CT molecular complexity index is 323. The fraction of sp³-hybridized carbons (Fsp3) is 0.571. The minimum Gasteiger partial charge on any atom is -0.383 e. The first-order chi connectivity index (χ1) is 8.08. The van der Waals surface area contributed by atoms with Crippen LogP contribution in [0, 0.1) is 13.8 Å².